The number of carbonyl (C=O) groups is 1. The summed E-state index contributed by atoms with van der Waals surface area (Å²) >= 11 is 0. The number of fused-ring (bicyclic) bond motifs is 1. The van der Waals surface area contributed by atoms with Crippen molar-refractivity contribution in [1.82, 2.24) is 14.4 Å². The molecule has 0 atom stereocenters. The topological polar surface area (TPSA) is 73.3 Å². The van der Waals surface area contributed by atoms with E-state index in [0.717, 1.165) is 5.56 Å². The van der Waals surface area contributed by atoms with Crippen molar-refractivity contribution in [2.75, 3.05) is 6.54 Å². The number of Topliss-reactive ketones (excluding diaryl/α,β-unsaturated/α-hetero) is 1. The standard InChI is InChI=1S/C11H14N4O/c1-7(2)8-4-13-11-14-9(10(16)3-12)6-15(11)5-8/h4-7H,3,12H2,1-2H3. The van der Waals surface area contributed by atoms with Crippen LogP contribution in [-0.2, 0) is 0 Å². The van der Waals surface area contributed by atoms with Crippen LogP contribution >= 0.6 is 0 Å². The van der Waals surface area contributed by atoms with Gasteiger partial charge >= 0.3 is 0 Å². The minimum absolute atomic E-state index is 0.0269. The molecule has 0 amide bonds. The first-order valence-electron chi connectivity index (χ1n) is 5.19. The van der Waals surface area contributed by atoms with Gasteiger partial charge in [-0.1, -0.05) is 13.8 Å². The molecule has 5 heteroatoms. The fourth-order valence-corrected chi connectivity index (χ4v) is 1.44. The van der Waals surface area contributed by atoms with Crippen LogP contribution in [0.5, 0.6) is 0 Å². The minimum atomic E-state index is -0.170. The Labute approximate surface area is 93.3 Å². The molecule has 0 aliphatic carbocycles. The first-order chi connectivity index (χ1) is 7.61. The van der Waals surface area contributed by atoms with E-state index >= 15 is 0 Å². The maximum absolute atomic E-state index is 11.4. The predicted octanol–water partition coefficient (Wildman–Crippen LogP) is 0.994. The molecule has 0 aliphatic rings. The molecule has 84 valence electrons. The largest absolute Gasteiger partial charge is 0.324 e. The van der Waals surface area contributed by atoms with E-state index in [-0.39, 0.29) is 12.3 Å². The van der Waals surface area contributed by atoms with Gasteiger partial charge in [-0.15, -0.1) is 0 Å². The van der Waals surface area contributed by atoms with Crippen molar-refractivity contribution >= 4 is 11.6 Å². The zero-order valence-electron chi connectivity index (χ0n) is 9.34. The van der Waals surface area contributed by atoms with Crippen molar-refractivity contribution in [2.45, 2.75) is 19.8 Å². The Morgan fingerprint density at radius 2 is 2.25 bits per heavy atom. The number of carbonyl (C=O) groups excluding carboxylic acids is 1. The van der Waals surface area contributed by atoms with E-state index in [4.69, 9.17) is 5.73 Å². The molecule has 2 aromatic rings. The van der Waals surface area contributed by atoms with Gasteiger partial charge in [0, 0.05) is 18.6 Å². The van der Waals surface area contributed by atoms with Crippen LogP contribution in [0.4, 0.5) is 0 Å². The second kappa shape index (κ2) is 4.02. The lowest BCUT2D eigenvalue weighted by Crippen LogP contribution is -2.13. The van der Waals surface area contributed by atoms with Gasteiger partial charge in [-0.3, -0.25) is 9.20 Å². The number of imidazole rings is 1. The molecule has 2 N–H and O–H groups in total. The number of hydrogen-bond acceptors (Lipinski definition) is 4. The molecule has 0 saturated heterocycles. The Morgan fingerprint density at radius 1 is 1.50 bits per heavy atom. The Morgan fingerprint density at radius 3 is 2.88 bits per heavy atom. The second-order valence-electron chi connectivity index (χ2n) is 4.00. The number of nitrogens with two attached hydrogens (primary N) is 1. The summed E-state index contributed by atoms with van der Waals surface area (Å²) in [6.07, 6.45) is 5.39. The molecule has 2 heterocycles. The zero-order chi connectivity index (χ0) is 11.7. The Kier molecular flexibility index (Phi) is 2.70. The summed E-state index contributed by atoms with van der Waals surface area (Å²) < 4.78 is 1.76. The summed E-state index contributed by atoms with van der Waals surface area (Å²) in [4.78, 5) is 19.7. The minimum Gasteiger partial charge on any atom is -0.324 e. The molecule has 0 aliphatic heterocycles. The van der Waals surface area contributed by atoms with Crippen molar-refractivity contribution in [3.63, 3.8) is 0 Å². The van der Waals surface area contributed by atoms with Crippen molar-refractivity contribution in [1.29, 1.82) is 0 Å². The monoisotopic (exact) mass is 218 g/mol. The fourth-order valence-electron chi connectivity index (χ4n) is 1.44. The molecule has 2 aromatic heterocycles. The number of aromatic nitrogens is 3. The highest BCUT2D eigenvalue weighted by molar-refractivity contribution is 5.96. The molecule has 0 saturated carbocycles. The van der Waals surface area contributed by atoms with E-state index in [1.165, 1.54) is 0 Å². The smallest absolute Gasteiger partial charge is 0.234 e. The van der Waals surface area contributed by atoms with E-state index in [2.05, 4.69) is 23.8 Å². The molecule has 0 bridgehead atoms. The van der Waals surface area contributed by atoms with E-state index in [0.29, 0.717) is 17.4 Å². The highest BCUT2D eigenvalue weighted by atomic mass is 16.1. The Hall–Kier alpha value is -1.75. The van der Waals surface area contributed by atoms with Crippen molar-refractivity contribution in [3.8, 4) is 0 Å². The first kappa shape index (κ1) is 10.8. The van der Waals surface area contributed by atoms with Gasteiger partial charge in [-0.2, -0.15) is 0 Å². The van der Waals surface area contributed by atoms with Crippen LogP contribution in [0.3, 0.4) is 0 Å². The van der Waals surface area contributed by atoms with Gasteiger partial charge in [0.05, 0.1) is 6.54 Å². The third-order valence-corrected chi connectivity index (χ3v) is 2.47. The lowest BCUT2D eigenvalue weighted by Gasteiger charge is -2.03. The van der Waals surface area contributed by atoms with Crippen molar-refractivity contribution in [2.24, 2.45) is 5.73 Å². The molecule has 0 radical (unpaired) electrons. The molecule has 16 heavy (non-hydrogen) atoms. The molecule has 0 aromatic carbocycles. The van der Waals surface area contributed by atoms with Crippen LogP contribution < -0.4 is 5.73 Å². The second-order valence-corrected chi connectivity index (χ2v) is 4.00. The maximum Gasteiger partial charge on any atom is 0.234 e. The van der Waals surface area contributed by atoms with E-state index < -0.39 is 0 Å². The molecule has 0 fully saturated rings. The lowest BCUT2D eigenvalue weighted by molar-refractivity contribution is 0.0997. The van der Waals surface area contributed by atoms with E-state index in [1.807, 2.05) is 6.20 Å². The van der Waals surface area contributed by atoms with Gasteiger partial charge in [0.2, 0.25) is 5.78 Å². The highest BCUT2D eigenvalue weighted by Gasteiger charge is 2.10. The first-order valence-corrected chi connectivity index (χ1v) is 5.19. The molecule has 5 nitrogen and oxygen atoms in total. The van der Waals surface area contributed by atoms with Crippen LogP contribution in [0.15, 0.2) is 18.6 Å². The molecular formula is C11H14N4O. The van der Waals surface area contributed by atoms with Crippen molar-refractivity contribution in [3.05, 3.63) is 29.8 Å². The number of nitrogens with zero attached hydrogens (tertiary/aromatic N) is 3. The van der Waals surface area contributed by atoms with E-state index in [9.17, 15) is 4.79 Å². The summed E-state index contributed by atoms with van der Waals surface area (Å²) in [6, 6.07) is 0. The van der Waals surface area contributed by atoms with Crippen LogP contribution in [0.1, 0.15) is 35.8 Å². The number of hydrogen-bond donors (Lipinski definition) is 1. The Bertz CT molecular complexity index is 530. The van der Waals surface area contributed by atoms with Gasteiger partial charge in [0.25, 0.3) is 0 Å². The summed E-state index contributed by atoms with van der Waals surface area (Å²) in [7, 11) is 0. The highest BCUT2D eigenvalue weighted by Crippen LogP contribution is 2.13. The van der Waals surface area contributed by atoms with Gasteiger partial charge < -0.3 is 5.73 Å². The predicted molar refractivity (Wildman–Crippen MR) is 60.5 cm³/mol. The third kappa shape index (κ3) is 1.81. The summed E-state index contributed by atoms with van der Waals surface area (Å²) in [5, 5.41) is 0. The average molecular weight is 218 g/mol. The van der Waals surface area contributed by atoms with Gasteiger partial charge in [0.1, 0.15) is 5.69 Å². The van der Waals surface area contributed by atoms with Crippen LogP contribution in [-0.4, -0.2) is 26.7 Å². The molecule has 0 unspecified atom stereocenters. The van der Waals surface area contributed by atoms with Crippen LogP contribution in [0.2, 0.25) is 0 Å². The summed E-state index contributed by atoms with van der Waals surface area (Å²) in [6.45, 7) is 4.15. The van der Waals surface area contributed by atoms with Crippen LogP contribution in [0, 0.1) is 0 Å². The van der Waals surface area contributed by atoms with Crippen LogP contribution in [0.25, 0.3) is 5.78 Å². The average Bonchev–Trinajstić information content (AvgIpc) is 2.70. The third-order valence-electron chi connectivity index (χ3n) is 2.47. The Balaban J connectivity index is 2.50. The van der Waals surface area contributed by atoms with E-state index in [1.54, 1.807) is 16.8 Å². The zero-order valence-corrected chi connectivity index (χ0v) is 9.34. The number of rotatable bonds is 3. The molecular weight excluding hydrogens is 204 g/mol. The van der Waals surface area contributed by atoms with Gasteiger partial charge in [-0.05, 0) is 11.5 Å². The molecule has 2 rings (SSSR count). The van der Waals surface area contributed by atoms with Crippen molar-refractivity contribution < 1.29 is 4.79 Å². The lowest BCUT2D eigenvalue weighted by atomic mass is 10.1. The summed E-state index contributed by atoms with van der Waals surface area (Å²) in [5.41, 5.74) is 6.76. The number of ketones is 1. The normalized spacial score (nSPS) is 11.2. The fraction of sp³-hybridized carbons (Fsp3) is 0.364. The van der Waals surface area contributed by atoms with Gasteiger partial charge in [0.15, 0.2) is 5.78 Å². The molecule has 0 spiro atoms. The quantitative estimate of drug-likeness (QED) is 0.780. The maximum atomic E-state index is 11.4. The summed E-state index contributed by atoms with van der Waals surface area (Å²) in [5.74, 6) is 0.755. The SMILES string of the molecule is CC(C)c1cnc2nc(C(=O)CN)cn2c1. The van der Waals surface area contributed by atoms with Gasteiger partial charge in [-0.25, -0.2) is 9.97 Å².